The molecular weight excluding hydrogens is 361 g/mol. The lowest BCUT2D eigenvalue weighted by Gasteiger charge is -2.09. The molecule has 0 radical (unpaired) electrons. The van der Waals surface area contributed by atoms with Gasteiger partial charge in [-0.3, -0.25) is 4.57 Å². The van der Waals surface area contributed by atoms with E-state index in [2.05, 4.69) is 16.8 Å². The van der Waals surface area contributed by atoms with Crippen LogP contribution in [0.2, 0.25) is 10.0 Å². The summed E-state index contributed by atoms with van der Waals surface area (Å²) in [5.74, 6) is 1.54. The minimum absolute atomic E-state index is 0.622. The van der Waals surface area contributed by atoms with Crippen LogP contribution in [-0.4, -0.2) is 14.8 Å². The van der Waals surface area contributed by atoms with Crippen LogP contribution >= 0.6 is 35.0 Å². The van der Waals surface area contributed by atoms with Gasteiger partial charge in [0.1, 0.15) is 0 Å². The zero-order chi connectivity index (χ0) is 16.9. The van der Waals surface area contributed by atoms with E-state index in [9.17, 15) is 0 Å². The van der Waals surface area contributed by atoms with E-state index < -0.39 is 0 Å². The molecule has 0 N–H and O–H groups in total. The Hall–Kier alpha value is -1.75. The lowest BCUT2D eigenvalue weighted by atomic mass is 10.2. The van der Waals surface area contributed by atoms with Crippen molar-refractivity contribution < 1.29 is 0 Å². The first kappa shape index (κ1) is 17.1. The quantitative estimate of drug-likeness (QED) is 0.407. The number of nitrogens with zero attached hydrogens (tertiary/aromatic N) is 3. The number of thioether (sulfide) groups is 1. The Morgan fingerprint density at radius 1 is 1.04 bits per heavy atom. The van der Waals surface area contributed by atoms with Gasteiger partial charge in [-0.2, -0.15) is 0 Å². The molecule has 0 saturated heterocycles. The highest BCUT2D eigenvalue weighted by molar-refractivity contribution is 7.98. The highest BCUT2D eigenvalue weighted by Gasteiger charge is 2.15. The fourth-order valence-corrected chi connectivity index (χ4v) is 3.51. The molecule has 6 heteroatoms. The summed E-state index contributed by atoms with van der Waals surface area (Å²) in [6, 6.07) is 15.4. The Labute approximate surface area is 155 Å². The van der Waals surface area contributed by atoms with Crippen molar-refractivity contribution in [2.75, 3.05) is 0 Å². The molecule has 3 rings (SSSR count). The van der Waals surface area contributed by atoms with Crippen LogP contribution in [0.1, 0.15) is 5.56 Å². The van der Waals surface area contributed by atoms with Gasteiger partial charge in [-0.25, -0.2) is 0 Å². The average molecular weight is 376 g/mol. The SMILES string of the molecule is C=CCn1c(SCc2ccc(Cl)cc2)nnc1-c1ccccc1Cl. The maximum atomic E-state index is 6.30. The second-order valence-corrected chi connectivity index (χ2v) is 6.89. The molecule has 0 fully saturated rings. The van der Waals surface area contributed by atoms with Crippen molar-refractivity contribution in [2.45, 2.75) is 17.5 Å². The molecule has 0 atom stereocenters. The van der Waals surface area contributed by atoms with Gasteiger partial charge in [0.2, 0.25) is 0 Å². The fraction of sp³-hybridized carbons (Fsp3) is 0.111. The Kier molecular flexibility index (Phi) is 5.61. The van der Waals surface area contributed by atoms with E-state index in [4.69, 9.17) is 23.2 Å². The summed E-state index contributed by atoms with van der Waals surface area (Å²) in [7, 11) is 0. The van der Waals surface area contributed by atoms with Gasteiger partial charge in [-0.05, 0) is 29.8 Å². The number of hydrogen-bond donors (Lipinski definition) is 0. The summed E-state index contributed by atoms with van der Waals surface area (Å²) < 4.78 is 2.02. The molecule has 0 saturated carbocycles. The standard InChI is InChI=1S/C18H15Cl2N3S/c1-2-11-23-17(15-5-3-4-6-16(15)20)21-22-18(23)24-12-13-7-9-14(19)10-8-13/h2-10H,1,11-12H2. The molecular formula is C18H15Cl2N3S. The molecule has 0 spiro atoms. The molecule has 0 aliphatic heterocycles. The number of allylic oxidation sites excluding steroid dienone is 1. The Morgan fingerprint density at radius 2 is 1.79 bits per heavy atom. The van der Waals surface area contributed by atoms with Gasteiger partial charge in [-0.15, -0.1) is 16.8 Å². The Balaban J connectivity index is 1.87. The van der Waals surface area contributed by atoms with Crippen LogP contribution in [0, 0.1) is 0 Å². The van der Waals surface area contributed by atoms with Crippen LogP contribution < -0.4 is 0 Å². The zero-order valence-electron chi connectivity index (χ0n) is 12.8. The van der Waals surface area contributed by atoms with Gasteiger partial charge >= 0.3 is 0 Å². The van der Waals surface area contributed by atoms with Crippen LogP contribution in [0.15, 0.2) is 66.3 Å². The van der Waals surface area contributed by atoms with Crippen LogP contribution in [0.3, 0.4) is 0 Å². The molecule has 0 bridgehead atoms. The van der Waals surface area contributed by atoms with E-state index in [0.29, 0.717) is 11.6 Å². The lowest BCUT2D eigenvalue weighted by molar-refractivity contribution is 0.731. The summed E-state index contributed by atoms with van der Waals surface area (Å²) in [5.41, 5.74) is 2.05. The summed E-state index contributed by atoms with van der Waals surface area (Å²) in [5, 5.41) is 10.9. The largest absolute Gasteiger partial charge is 0.298 e. The lowest BCUT2D eigenvalue weighted by Crippen LogP contribution is -2.01. The summed E-state index contributed by atoms with van der Waals surface area (Å²) in [6.07, 6.45) is 1.83. The molecule has 122 valence electrons. The molecule has 0 aliphatic carbocycles. The van der Waals surface area contributed by atoms with Crippen molar-refractivity contribution in [2.24, 2.45) is 0 Å². The topological polar surface area (TPSA) is 30.7 Å². The minimum Gasteiger partial charge on any atom is -0.298 e. The smallest absolute Gasteiger partial charge is 0.192 e. The second kappa shape index (κ2) is 7.88. The van der Waals surface area contributed by atoms with E-state index in [-0.39, 0.29) is 0 Å². The summed E-state index contributed by atoms with van der Waals surface area (Å²) in [6.45, 7) is 4.45. The molecule has 0 amide bonds. The van der Waals surface area contributed by atoms with E-state index >= 15 is 0 Å². The average Bonchev–Trinajstić information content (AvgIpc) is 2.98. The molecule has 2 aromatic carbocycles. The maximum absolute atomic E-state index is 6.30. The molecule has 1 heterocycles. The second-order valence-electron chi connectivity index (χ2n) is 5.10. The summed E-state index contributed by atoms with van der Waals surface area (Å²) in [4.78, 5) is 0. The normalized spacial score (nSPS) is 10.8. The van der Waals surface area contributed by atoms with E-state index in [1.54, 1.807) is 11.8 Å². The van der Waals surface area contributed by atoms with Crippen LogP contribution in [0.4, 0.5) is 0 Å². The number of benzene rings is 2. The van der Waals surface area contributed by atoms with E-state index in [1.165, 1.54) is 5.56 Å². The maximum Gasteiger partial charge on any atom is 0.192 e. The summed E-state index contributed by atoms with van der Waals surface area (Å²) >= 11 is 13.8. The Morgan fingerprint density at radius 3 is 2.50 bits per heavy atom. The highest BCUT2D eigenvalue weighted by Crippen LogP contribution is 2.30. The first-order chi connectivity index (χ1) is 11.7. The van der Waals surface area contributed by atoms with Crippen molar-refractivity contribution in [3.8, 4) is 11.4 Å². The molecule has 3 nitrogen and oxygen atoms in total. The first-order valence-corrected chi connectivity index (χ1v) is 9.09. The zero-order valence-corrected chi connectivity index (χ0v) is 15.2. The van der Waals surface area contributed by atoms with Crippen molar-refractivity contribution in [1.82, 2.24) is 14.8 Å². The van der Waals surface area contributed by atoms with Crippen LogP contribution in [0.5, 0.6) is 0 Å². The predicted molar refractivity (Wildman–Crippen MR) is 102 cm³/mol. The fourth-order valence-electron chi connectivity index (χ4n) is 2.26. The van der Waals surface area contributed by atoms with Gasteiger partial charge < -0.3 is 0 Å². The third kappa shape index (κ3) is 3.83. The van der Waals surface area contributed by atoms with Gasteiger partial charge in [0, 0.05) is 22.9 Å². The number of halogens is 2. The van der Waals surface area contributed by atoms with Crippen molar-refractivity contribution >= 4 is 35.0 Å². The predicted octanol–water partition coefficient (Wildman–Crippen LogP) is 5.73. The van der Waals surface area contributed by atoms with Gasteiger partial charge in [0.15, 0.2) is 11.0 Å². The Bertz CT molecular complexity index is 844. The third-order valence-electron chi connectivity index (χ3n) is 3.42. The molecule has 1 aromatic heterocycles. The van der Waals surface area contributed by atoms with E-state index in [0.717, 1.165) is 27.3 Å². The molecule has 3 aromatic rings. The van der Waals surface area contributed by atoms with Crippen LogP contribution in [-0.2, 0) is 12.3 Å². The molecule has 0 unspecified atom stereocenters. The molecule has 24 heavy (non-hydrogen) atoms. The van der Waals surface area contributed by atoms with Crippen LogP contribution in [0.25, 0.3) is 11.4 Å². The van der Waals surface area contributed by atoms with Gasteiger partial charge in [-0.1, -0.05) is 65.3 Å². The van der Waals surface area contributed by atoms with Crippen molar-refractivity contribution in [3.63, 3.8) is 0 Å². The number of rotatable bonds is 6. The van der Waals surface area contributed by atoms with Gasteiger partial charge in [0.25, 0.3) is 0 Å². The third-order valence-corrected chi connectivity index (χ3v) is 5.04. The first-order valence-electron chi connectivity index (χ1n) is 7.35. The molecule has 0 aliphatic rings. The minimum atomic E-state index is 0.622. The van der Waals surface area contributed by atoms with Crippen molar-refractivity contribution in [1.29, 1.82) is 0 Å². The van der Waals surface area contributed by atoms with E-state index in [1.807, 2.05) is 59.2 Å². The number of aromatic nitrogens is 3. The van der Waals surface area contributed by atoms with Crippen molar-refractivity contribution in [3.05, 3.63) is 76.8 Å². The number of hydrogen-bond acceptors (Lipinski definition) is 3. The highest BCUT2D eigenvalue weighted by atomic mass is 35.5. The van der Waals surface area contributed by atoms with Gasteiger partial charge in [0.05, 0.1) is 5.02 Å². The monoisotopic (exact) mass is 375 g/mol.